The minimum atomic E-state index is -0.689. The molecule has 3 N–H and O–H groups in total. The number of nitrogens with zero attached hydrogens (tertiary/aromatic N) is 3. The molecule has 3 heterocycles. The molecule has 3 atom stereocenters. The number of β-amino-alcohol motifs (C(OH)–C–C–N with tert-alkyl or cyclic N) is 1. The molecule has 2 unspecified atom stereocenters. The molecule has 0 spiro atoms. The summed E-state index contributed by atoms with van der Waals surface area (Å²) in [5.41, 5.74) is 2.69. The summed E-state index contributed by atoms with van der Waals surface area (Å²) in [6, 6.07) is 4.52. The molecule has 254 valence electrons. The summed E-state index contributed by atoms with van der Waals surface area (Å²) in [4.78, 5) is 22.3. The number of fused-ring (bicyclic) bond motifs is 1. The van der Waals surface area contributed by atoms with Gasteiger partial charge < -0.3 is 19.6 Å². The topological polar surface area (TPSA) is 103 Å². The number of aromatic nitrogens is 1. The van der Waals surface area contributed by atoms with Crippen LogP contribution < -0.4 is 15.4 Å². The third kappa shape index (κ3) is 8.68. The summed E-state index contributed by atoms with van der Waals surface area (Å²) < 4.78 is 25.9. The molecule has 2 aromatic rings. The zero-order valence-corrected chi connectivity index (χ0v) is 27.7. The largest absolute Gasteiger partial charge is 0.482 e. The standard InChI is InChI=1S/C36H54FN5O4/c1-25-34(46-24-39-25)23-45-33-18-26-13-15-41(21-28(26)17-32(33)37)22-31(43)20-38-36(44)27-14-16-42(35(19-27)40-29-9-8-10-29)30-11-6-4-2-3-5-7-12-30/h17-18,24,27,29-31,35,40,43H,2-16,19-23H2,1H3,(H,38,44)/t27?,31-,35?/m0/s1. The fourth-order valence-corrected chi connectivity index (χ4v) is 7.83. The molecule has 1 aromatic carbocycles. The van der Waals surface area contributed by atoms with E-state index in [0.29, 0.717) is 30.9 Å². The number of likely N-dealkylation sites (tertiary alicyclic amines) is 1. The first kappa shape index (κ1) is 33.4. The number of carbonyl (C=O) groups is 1. The lowest BCUT2D eigenvalue weighted by atomic mass is 9.87. The first-order valence-electron chi connectivity index (χ1n) is 18.0. The van der Waals surface area contributed by atoms with Gasteiger partial charge >= 0.3 is 0 Å². The van der Waals surface area contributed by atoms with Gasteiger partial charge in [-0.05, 0) is 75.1 Å². The maximum atomic E-state index is 14.9. The van der Waals surface area contributed by atoms with Crippen LogP contribution in [0.15, 0.2) is 22.9 Å². The fraction of sp³-hybridized carbons (Fsp3) is 0.722. The number of ether oxygens (including phenoxy) is 1. The van der Waals surface area contributed by atoms with Crippen LogP contribution in [0.4, 0.5) is 4.39 Å². The van der Waals surface area contributed by atoms with Crippen molar-refractivity contribution in [1.29, 1.82) is 0 Å². The molecule has 2 aliphatic heterocycles. The number of hydrogen-bond donors (Lipinski definition) is 3. The van der Waals surface area contributed by atoms with E-state index in [4.69, 9.17) is 9.15 Å². The second kappa shape index (κ2) is 16.0. The van der Waals surface area contributed by atoms with Crippen LogP contribution >= 0.6 is 0 Å². The van der Waals surface area contributed by atoms with Gasteiger partial charge in [-0.15, -0.1) is 0 Å². The van der Waals surface area contributed by atoms with Crippen LogP contribution in [0.1, 0.15) is 106 Å². The third-order valence-corrected chi connectivity index (χ3v) is 10.9. The number of oxazole rings is 1. The molecule has 0 radical (unpaired) electrons. The molecule has 9 nitrogen and oxygen atoms in total. The highest BCUT2D eigenvalue weighted by molar-refractivity contribution is 5.78. The Bertz CT molecular complexity index is 1280. The van der Waals surface area contributed by atoms with Gasteiger partial charge in [0.1, 0.15) is 6.61 Å². The second-order valence-corrected chi connectivity index (χ2v) is 14.2. The van der Waals surface area contributed by atoms with Gasteiger partial charge in [-0.1, -0.05) is 44.9 Å². The molecule has 1 saturated heterocycles. The van der Waals surface area contributed by atoms with E-state index in [1.165, 1.54) is 83.1 Å². The number of rotatable bonds is 11. The van der Waals surface area contributed by atoms with Gasteiger partial charge in [0.25, 0.3) is 0 Å². The number of hydrogen-bond acceptors (Lipinski definition) is 8. The van der Waals surface area contributed by atoms with Crippen LogP contribution in [0.2, 0.25) is 0 Å². The van der Waals surface area contributed by atoms with E-state index in [2.05, 4.69) is 25.4 Å². The van der Waals surface area contributed by atoms with E-state index in [0.717, 1.165) is 49.2 Å². The molecular weight excluding hydrogens is 585 g/mol. The van der Waals surface area contributed by atoms with E-state index in [1.54, 1.807) is 6.07 Å². The van der Waals surface area contributed by atoms with Crippen molar-refractivity contribution in [3.8, 4) is 5.75 Å². The van der Waals surface area contributed by atoms with Gasteiger partial charge in [-0.3, -0.25) is 19.9 Å². The third-order valence-electron chi connectivity index (χ3n) is 10.9. The molecule has 2 saturated carbocycles. The summed E-state index contributed by atoms with van der Waals surface area (Å²) in [6.45, 7) is 4.87. The maximum absolute atomic E-state index is 14.9. The summed E-state index contributed by atoms with van der Waals surface area (Å²) in [5.74, 6) is 0.411. The zero-order chi connectivity index (χ0) is 31.9. The Balaban J connectivity index is 0.970. The summed E-state index contributed by atoms with van der Waals surface area (Å²) in [6.07, 6.45) is 17.8. The summed E-state index contributed by atoms with van der Waals surface area (Å²) in [7, 11) is 0. The quantitative estimate of drug-likeness (QED) is 0.308. The number of amides is 1. The van der Waals surface area contributed by atoms with E-state index < -0.39 is 11.9 Å². The highest BCUT2D eigenvalue weighted by Gasteiger charge is 2.37. The number of nitrogens with one attached hydrogen (secondary N) is 2. The smallest absolute Gasteiger partial charge is 0.223 e. The van der Waals surface area contributed by atoms with Crippen LogP contribution in [-0.2, 0) is 24.4 Å². The lowest BCUT2D eigenvalue weighted by Gasteiger charge is -2.46. The highest BCUT2D eigenvalue weighted by atomic mass is 19.1. The molecule has 0 bridgehead atoms. The molecule has 46 heavy (non-hydrogen) atoms. The summed E-state index contributed by atoms with van der Waals surface area (Å²) >= 11 is 0. The number of piperidine rings is 1. The van der Waals surface area contributed by atoms with Crippen molar-refractivity contribution in [3.63, 3.8) is 0 Å². The second-order valence-electron chi connectivity index (χ2n) is 14.2. The van der Waals surface area contributed by atoms with Crippen molar-refractivity contribution in [2.75, 3.05) is 26.2 Å². The number of aryl methyl sites for hydroxylation is 1. The monoisotopic (exact) mass is 639 g/mol. The SMILES string of the molecule is Cc1ncoc1COc1cc2c(cc1F)CN(C[C@@H](O)CNC(=O)C1CCN(C3CCCCCCCC3)C(NC3CCC3)C1)CC2. The number of benzene rings is 1. The van der Waals surface area contributed by atoms with Crippen molar-refractivity contribution in [1.82, 2.24) is 25.4 Å². The average molecular weight is 640 g/mol. The van der Waals surface area contributed by atoms with Crippen LogP contribution in [0.5, 0.6) is 5.75 Å². The average Bonchev–Trinajstić information content (AvgIpc) is 3.50. The van der Waals surface area contributed by atoms with E-state index in [9.17, 15) is 14.3 Å². The Hall–Kier alpha value is -2.53. The lowest BCUT2D eigenvalue weighted by Crippen LogP contribution is -2.59. The van der Waals surface area contributed by atoms with Gasteiger partial charge in [0, 0.05) is 50.7 Å². The first-order chi connectivity index (χ1) is 22.4. The van der Waals surface area contributed by atoms with Crippen molar-refractivity contribution in [3.05, 3.63) is 46.9 Å². The molecule has 2 aliphatic carbocycles. The summed E-state index contributed by atoms with van der Waals surface area (Å²) in [5, 5.41) is 17.9. The van der Waals surface area contributed by atoms with Crippen molar-refractivity contribution in [2.24, 2.45) is 5.92 Å². The van der Waals surface area contributed by atoms with Crippen LogP contribution in [0.3, 0.4) is 0 Å². The van der Waals surface area contributed by atoms with E-state index in [-0.39, 0.29) is 36.9 Å². The van der Waals surface area contributed by atoms with Crippen molar-refractivity contribution < 1.29 is 23.4 Å². The lowest BCUT2D eigenvalue weighted by molar-refractivity contribution is -0.128. The predicted octanol–water partition coefficient (Wildman–Crippen LogP) is 5.22. The Morgan fingerprint density at radius 1 is 1.07 bits per heavy atom. The fourth-order valence-electron chi connectivity index (χ4n) is 7.83. The Labute approximate surface area is 273 Å². The highest BCUT2D eigenvalue weighted by Crippen LogP contribution is 2.32. The Morgan fingerprint density at radius 3 is 2.57 bits per heavy atom. The zero-order valence-electron chi connectivity index (χ0n) is 27.7. The number of carbonyl (C=O) groups excluding carboxylic acids is 1. The Morgan fingerprint density at radius 2 is 1.85 bits per heavy atom. The molecule has 4 aliphatic rings. The van der Waals surface area contributed by atoms with Gasteiger partial charge in [0.15, 0.2) is 23.7 Å². The van der Waals surface area contributed by atoms with E-state index in [1.807, 2.05) is 6.92 Å². The minimum absolute atomic E-state index is 0.0356. The number of halogens is 1. The van der Waals surface area contributed by atoms with Gasteiger partial charge in [-0.2, -0.15) is 0 Å². The Kier molecular flexibility index (Phi) is 11.6. The van der Waals surface area contributed by atoms with Gasteiger partial charge in [-0.25, -0.2) is 9.37 Å². The first-order valence-corrected chi connectivity index (χ1v) is 18.0. The van der Waals surface area contributed by atoms with Crippen LogP contribution in [-0.4, -0.2) is 76.3 Å². The van der Waals surface area contributed by atoms with Crippen LogP contribution in [0.25, 0.3) is 0 Å². The van der Waals surface area contributed by atoms with Crippen molar-refractivity contribution in [2.45, 2.75) is 134 Å². The van der Waals surface area contributed by atoms with Gasteiger partial charge in [0.05, 0.1) is 18.0 Å². The molecule has 6 rings (SSSR count). The predicted molar refractivity (Wildman–Crippen MR) is 175 cm³/mol. The molecule has 3 fully saturated rings. The molecule has 10 heteroatoms. The molecule has 1 amide bonds. The number of aliphatic hydroxyl groups excluding tert-OH is 1. The molecular formula is C36H54FN5O4. The van der Waals surface area contributed by atoms with E-state index >= 15 is 0 Å². The maximum Gasteiger partial charge on any atom is 0.223 e. The minimum Gasteiger partial charge on any atom is -0.482 e. The van der Waals surface area contributed by atoms with Crippen LogP contribution in [0, 0.1) is 18.7 Å². The number of aliphatic hydroxyl groups is 1. The van der Waals surface area contributed by atoms with Crippen molar-refractivity contribution >= 4 is 5.91 Å². The molecule has 1 aromatic heterocycles. The normalized spacial score (nSPS) is 24.7. The van der Waals surface area contributed by atoms with Gasteiger partial charge in [0.2, 0.25) is 5.91 Å².